The number of hydrogen-bond donors (Lipinski definition) is 1. The molecule has 0 amide bonds. The molecule has 1 aromatic rings. The Labute approximate surface area is 102 Å². The molecule has 1 saturated heterocycles. The molecule has 3 nitrogen and oxygen atoms in total. The minimum Gasteiger partial charge on any atom is -0.345 e. The zero-order valence-corrected chi connectivity index (χ0v) is 10.7. The quantitative estimate of drug-likeness (QED) is 0.881. The van der Waals surface area contributed by atoms with E-state index in [1.165, 1.54) is 30.8 Å². The van der Waals surface area contributed by atoms with Gasteiger partial charge >= 0.3 is 0 Å². The molecule has 0 aromatic carbocycles. The van der Waals surface area contributed by atoms with E-state index in [2.05, 4.69) is 22.2 Å². The van der Waals surface area contributed by atoms with Gasteiger partial charge in [-0.15, -0.1) is 11.3 Å². The third kappa shape index (κ3) is 2.38. The fourth-order valence-corrected chi connectivity index (χ4v) is 3.45. The van der Waals surface area contributed by atoms with Crippen LogP contribution in [0.3, 0.4) is 0 Å². The Morgan fingerprint density at radius 3 is 3.06 bits per heavy atom. The first-order chi connectivity index (χ1) is 7.86. The standard InChI is InChI=1S/C12H21N3S/c1-2-11-10(9-13)5-3-4-7-15(11)12-14-6-8-16-12/h6,8,10-11H,2-5,7,9,13H2,1H3/t10-,11-/m1/s1. The molecular formula is C12H21N3S. The van der Waals surface area contributed by atoms with E-state index in [0.29, 0.717) is 12.0 Å². The SMILES string of the molecule is CC[C@@H]1[C@@H](CN)CCCCN1c1nccs1. The Morgan fingerprint density at radius 1 is 1.56 bits per heavy atom. The molecule has 1 fully saturated rings. The van der Waals surface area contributed by atoms with Crippen molar-refractivity contribution in [2.75, 3.05) is 18.0 Å². The van der Waals surface area contributed by atoms with E-state index in [4.69, 9.17) is 5.73 Å². The van der Waals surface area contributed by atoms with Crippen molar-refractivity contribution in [1.82, 2.24) is 4.98 Å². The molecule has 0 aliphatic carbocycles. The van der Waals surface area contributed by atoms with Gasteiger partial charge in [0.2, 0.25) is 0 Å². The largest absolute Gasteiger partial charge is 0.345 e. The lowest BCUT2D eigenvalue weighted by atomic mass is 9.93. The monoisotopic (exact) mass is 239 g/mol. The predicted octanol–water partition coefficient (Wildman–Crippen LogP) is 2.49. The molecule has 2 heterocycles. The van der Waals surface area contributed by atoms with E-state index in [1.54, 1.807) is 11.3 Å². The summed E-state index contributed by atoms with van der Waals surface area (Å²) >= 11 is 1.74. The van der Waals surface area contributed by atoms with Gasteiger partial charge in [-0.1, -0.05) is 13.3 Å². The van der Waals surface area contributed by atoms with Crippen molar-refractivity contribution in [1.29, 1.82) is 0 Å². The molecule has 1 aliphatic rings. The first-order valence-corrected chi connectivity index (χ1v) is 7.11. The van der Waals surface area contributed by atoms with Crippen LogP contribution in [0.25, 0.3) is 0 Å². The number of anilines is 1. The number of nitrogens with two attached hydrogens (primary N) is 1. The molecule has 1 aliphatic heterocycles. The number of aromatic nitrogens is 1. The highest BCUT2D eigenvalue weighted by Crippen LogP contribution is 2.30. The third-order valence-corrected chi connectivity index (χ3v) is 4.36. The lowest BCUT2D eigenvalue weighted by molar-refractivity contribution is 0.392. The van der Waals surface area contributed by atoms with Gasteiger partial charge in [0.1, 0.15) is 0 Å². The fraction of sp³-hybridized carbons (Fsp3) is 0.750. The second-order valence-corrected chi connectivity index (χ2v) is 5.35. The van der Waals surface area contributed by atoms with Gasteiger partial charge in [0.05, 0.1) is 0 Å². The summed E-state index contributed by atoms with van der Waals surface area (Å²) in [6.07, 6.45) is 6.92. The summed E-state index contributed by atoms with van der Waals surface area (Å²) in [7, 11) is 0. The fourth-order valence-electron chi connectivity index (χ4n) is 2.73. The Hall–Kier alpha value is -0.610. The van der Waals surface area contributed by atoms with Crippen molar-refractivity contribution in [3.63, 3.8) is 0 Å². The molecule has 16 heavy (non-hydrogen) atoms. The van der Waals surface area contributed by atoms with Crippen LogP contribution in [0.15, 0.2) is 11.6 Å². The van der Waals surface area contributed by atoms with Crippen LogP contribution in [0.4, 0.5) is 5.13 Å². The maximum atomic E-state index is 5.91. The van der Waals surface area contributed by atoms with Gasteiger partial charge in [0, 0.05) is 24.2 Å². The lowest BCUT2D eigenvalue weighted by Crippen LogP contribution is -2.42. The number of nitrogens with zero attached hydrogens (tertiary/aromatic N) is 2. The first-order valence-electron chi connectivity index (χ1n) is 6.23. The molecule has 2 atom stereocenters. The van der Waals surface area contributed by atoms with Crippen molar-refractivity contribution in [3.8, 4) is 0 Å². The highest BCUT2D eigenvalue weighted by atomic mass is 32.1. The van der Waals surface area contributed by atoms with Crippen LogP contribution >= 0.6 is 11.3 Å². The van der Waals surface area contributed by atoms with Gasteiger partial charge < -0.3 is 10.6 Å². The van der Waals surface area contributed by atoms with Gasteiger partial charge in [0.15, 0.2) is 5.13 Å². The second kappa shape index (κ2) is 5.64. The van der Waals surface area contributed by atoms with Crippen LogP contribution in [0.1, 0.15) is 32.6 Å². The number of hydrogen-bond acceptors (Lipinski definition) is 4. The van der Waals surface area contributed by atoms with E-state index in [-0.39, 0.29) is 0 Å². The molecule has 1 aromatic heterocycles. The average molecular weight is 239 g/mol. The smallest absolute Gasteiger partial charge is 0.185 e. The summed E-state index contributed by atoms with van der Waals surface area (Å²) in [6, 6.07) is 0.582. The van der Waals surface area contributed by atoms with E-state index in [1.807, 2.05) is 6.20 Å². The Kier molecular flexibility index (Phi) is 4.18. The minimum absolute atomic E-state index is 0.582. The summed E-state index contributed by atoms with van der Waals surface area (Å²) in [5.74, 6) is 0.636. The molecule has 0 bridgehead atoms. The van der Waals surface area contributed by atoms with Crippen LogP contribution in [-0.4, -0.2) is 24.1 Å². The van der Waals surface area contributed by atoms with E-state index < -0.39 is 0 Å². The highest BCUT2D eigenvalue weighted by molar-refractivity contribution is 7.13. The molecule has 90 valence electrons. The van der Waals surface area contributed by atoms with Gasteiger partial charge in [-0.25, -0.2) is 4.98 Å². The van der Waals surface area contributed by atoms with E-state index in [9.17, 15) is 0 Å². The Morgan fingerprint density at radius 2 is 2.44 bits per heavy atom. The highest BCUT2D eigenvalue weighted by Gasteiger charge is 2.28. The summed E-state index contributed by atoms with van der Waals surface area (Å²) in [4.78, 5) is 6.93. The summed E-state index contributed by atoms with van der Waals surface area (Å²) in [6.45, 7) is 4.21. The topological polar surface area (TPSA) is 42.1 Å². The maximum absolute atomic E-state index is 5.91. The predicted molar refractivity (Wildman–Crippen MR) is 69.9 cm³/mol. The zero-order chi connectivity index (χ0) is 11.4. The third-order valence-electron chi connectivity index (χ3n) is 3.55. The van der Waals surface area contributed by atoms with E-state index in [0.717, 1.165) is 13.1 Å². The maximum Gasteiger partial charge on any atom is 0.185 e. The van der Waals surface area contributed by atoms with Crippen LogP contribution in [0, 0.1) is 5.92 Å². The summed E-state index contributed by atoms with van der Waals surface area (Å²) in [5.41, 5.74) is 5.91. The van der Waals surface area contributed by atoms with Gasteiger partial charge in [0.25, 0.3) is 0 Å². The summed E-state index contributed by atoms with van der Waals surface area (Å²) < 4.78 is 0. The van der Waals surface area contributed by atoms with Crippen molar-refractivity contribution in [3.05, 3.63) is 11.6 Å². The Balaban J connectivity index is 2.19. The van der Waals surface area contributed by atoms with Crippen LogP contribution in [0.5, 0.6) is 0 Å². The first kappa shape index (κ1) is 11.9. The normalized spacial score (nSPS) is 26.8. The molecule has 0 radical (unpaired) electrons. The lowest BCUT2D eigenvalue weighted by Gasteiger charge is -2.33. The van der Waals surface area contributed by atoms with Crippen LogP contribution in [0.2, 0.25) is 0 Å². The summed E-state index contributed by atoms with van der Waals surface area (Å²) in [5, 5.41) is 3.23. The molecule has 0 unspecified atom stereocenters. The van der Waals surface area contributed by atoms with Gasteiger partial charge in [-0.05, 0) is 31.7 Å². The molecule has 4 heteroatoms. The minimum atomic E-state index is 0.582. The van der Waals surface area contributed by atoms with E-state index >= 15 is 0 Å². The number of rotatable bonds is 3. The molecule has 0 saturated carbocycles. The molecule has 2 N–H and O–H groups in total. The zero-order valence-electron chi connectivity index (χ0n) is 9.93. The Bertz CT molecular complexity index is 299. The van der Waals surface area contributed by atoms with Crippen LogP contribution < -0.4 is 10.6 Å². The second-order valence-electron chi connectivity index (χ2n) is 4.48. The van der Waals surface area contributed by atoms with Crippen molar-refractivity contribution >= 4 is 16.5 Å². The molecule has 0 spiro atoms. The van der Waals surface area contributed by atoms with Crippen LogP contribution in [-0.2, 0) is 0 Å². The van der Waals surface area contributed by atoms with Gasteiger partial charge in [-0.2, -0.15) is 0 Å². The number of thiazole rings is 1. The van der Waals surface area contributed by atoms with Crippen molar-refractivity contribution in [2.24, 2.45) is 11.7 Å². The molecular weight excluding hydrogens is 218 g/mol. The van der Waals surface area contributed by atoms with Crippen molar-refractivity contribution in [2.45, 2.75) is 38.6 Å². The average Bonchev–Trinajstić information content (AvgIpc) is 2.75. The van der Waals surface area contributed by atoms with Gasteiger partial charge in [-0.3, -0.25) is 0 Å². The molecule has 2 rings (SSSR count). The van der Waals surface area contributed by atoms with Crippen molar-refractivity contribution < 1.29 is 0 Å².